The van der Waals surface area contributed by atoms with E-state index in [9.17, 15) is 9.59 Å². The molecule has 0 aliphatic rings. The Labute approximate surface area is 119 Å². The third kappa shape index (κ3) is 5.40. The minimum Gasteiger partial charge on any atom is -0.330 e. The van der Waals surface area contributed by atoms with E-state index in [0.29, 0.717) is 25.1 Å². The molecule has 0 atom stereocenters. The normalized spacial score (nSPS) is 10.2. The van der Waals surface area contributed by atoms with Gasteiger partial charge in [-0.2, -0.15) is 0 Å². The minimum atomic E-state index is -0.0472. The van der Waals surface area contributed by atoms with Gasteiger partial charge in [0.05, 0.1) is 0 Å². The van der Waals surface area contributed by atoms with Crippen LogP contribution in [0.1, 0.15) is 38.2 Å². The Morgan fingerprint density at radius 2 is 1.90 bits per heavy atom. The van der Waals surface area contributed by atoms with Crippen molar-refractivity contribution < 1.29 is 9.59 Å². The van der Waals surface area contributed by atoms with Crippen molar-refractivity contribution in [3.63, 3.8) is 0 Å². The number of amides is 2. The molecule has 0 saturated carbocycles. The van der Waals surface area contributed by atoms with Gasteiger partial charge in [0, 0.05) is 24.2 Å². The summed E-state index contributed by atoms with van der Waals surface area (Å²) in [5.74, 6) is -0.0745. The van der Waals surface area contributed by atoms with Crippen LogP contribution >= 0.6 is 0 Å². The number of nitrogens with two attached hydrogens (primary N) is 1. The van der Waals surface area contributed by atoms with Crippen molar-refractivity contribution in [3.8, 4) is 0 Å². The lowest BCUT2D eigenvalue weighted by atomic mass is 10.1. The number of hydrogen-bond donors (Lipinski definition) is 3. The Kier molecular flexibility index (Phi) is 6.73. The molecule has 0 aliphatic carbocycles. The summed E-state index contributed by atoms with van der Waals surface area (Å²) in [6.45, 7) is 4.31. The molecule has 0 bridgehead atoms. The average Bonchev–Trinajstić information content (AvgIpc) is 2.42. The number of nitrogens with one attached hydrogen (secondary N) is 2. The number of hydrogen-bond acceptors (Lipinski definition) is 3. The van der Waals surface area contributed by atoms with Crippen LogP contribution in [0.15, 0.2) is 18.2 Å². The third-order valence-electron chi connectivity index (χ3n) is 2.97. The van der Waals surface area contributed by atoms with Crippen molar-refractivity contribution in [2.75, 3.05) is 17.2 Å². The fraction of sp³-hybridized carbons (Fsp3) is 0.467. The summed E-state index contributed by atoms with van der Waals surface area (Å²) in [7, 11) is 0. The number of carbonyl (C=O) groups excluding carboxylic acids is 2. The number of carbonyl (C=O) groups is 2. The zero-order chi connectivity index (χ0) is 15.0. The SMILES string of the molecule is CCC(=O)Nc1ccc(C)c(NC(=O)CCCCN)c1. The first kappa shape index (κ1) is 16.2. The number of anilines is 2. The van der Waals surface area contributed by atoms with E-state index in [4.69, 9.17) is 5.73 Å². The molecule has 110 valence electrons. The number of benzene rings is 1. The lowest BCUT2D eigenvalue weighted by molar-refractivity contribution is -0.116. The monoisotopic (exact) mass is 277 g/mol. The van der Waals surface area contributed by atoms with Crippen LogP contribution in [0.25, 0.3) is 0 Å². The fourth-order valence-corrected chi connectivity index (χ4v) is 1.73. The third-order valence-corrected chi connectivity index (χ3v) is 2.97. The molecule has 0 heterocycles. The van der Waals surface area contributed by atoms with Gasteiger partial charge in [0.25, 0.3) is 0 Å². The molecule has 5 heteroatoms. The Morgan fingerprint density at radius 1 is 1.15 bits per heavy atom. The predicted octanol–water partition coefficient (Wildman–Crippen LogP) is 2.41. The number of rotatable bonds is 7. The second-order valence-electron chi connectivity index (χ2n) is 4.73. The average molecular weight is 277 g/mol. The van der Waals surface area contributed by atoms with E-state index >= 15 is 0 Å². The maximum absolute atomic E-state index is 11.8. The van der Waals surface area contributed by atoms with Gasteiger partial charge in [-0.3, -0.25) is 9.59 Å². The molecule has 0 unspecified atom stereocenters. The first-order valence-corrected chi connectivity index (χ1v) is 6.97. The minimum absolute atomic E-state index is 0.0273. The summed E-state index contributed by atoms with van der Waals surface area (Å²) in [5, 5.41) is 5.65. The van der Waals surface area contributed by atoms with Crippen molar-refractivity contribution in [2.24, 2.45) is 5.73 Å². The summed E-state index contributed by atoms with van der Waals surface area (Å²) < 4.78 is 0. The van der Waals surface area contributed by atoms with Crippen LogP contribution in [0.3, 0.4) is 0 Å². The van der Waals surface area contributed by atoms with E-state index in [1.54, 1.807) is 13.0 Å². The van der Waals surface area contributed by atoms with Gasteiger partial charge < -0.3 is 16.4 Å². The van der Waals surface area contributed by atoms with Crippen LogP contribution in [0.5, 0.6) is 0 Å². The van der Waals surface area contributed by atoms with Gasteiger partial charge in [0.2, 0.25) is 11.8 Å². The van der Waals surface area contributed by atoms with Gasteiger partial charge in [0.1, 0.15) is 0 Å². The quantitative estimate of drug-likeness (QED) is 0.669. The van der Waals surface area contributed by atoms with E-state index in [-0.39, 0.29) is 11.8 Å². The molecule has 20 heavy (non-hydrogen) atoms. The van der Waals surface area contributed by atoms with Gasteiger partial charge in [-0.25, -0.2) is 0 Å². The van der Waals surface area contributed by atoms with Crippen LogP contribution in [0, 0.1) is 6.92 Å². The molecule has 5 nitrogen and oxygen atoms in total. The Morgan fingerprint density at radius 3 is 2.55 bits per heavy atom. The molecule has 0 spiro atoms. The van der Waals surface area contributed by atoms with Gasteiger partial charge in [-0.05, 0) is 44.0 Å². The molecular weight excluding hydrogens is 254 g/mol. The predicted molar refractivity (Wildman–Crippen MR) is 81.6 cm³/mol. The van der Waals surface area contributed by atoms with Crippen molar-refractivity contribution in [1.82, 2.24) is 0 Å². The van der Waals surface area contributed by atoms with Gasteiger partial charge in [-0.15, -0.1) is 0 Å². The number of aryl methyl sites for hydroxylation is 1. The highest BCUT2D eigenvalue weighted by Gasteiger charge is 2.07. The van der Waals surface area contributed by atoms with Crippen LogP contribution in [-0.2, 0) is 9.59 Å². The van der Waals surface area contributed by atoms with Crippen LogP contribution in [0.4, 0.5) is 11.4 Å². The van der Waals surface area contributed by atoms with E-state index < -0.39 is 0 Å². The maximum Gasteiger partial charge on any atom is 0.224 e. The molecule has 0 aromatic heterocycles. The molecule has 4 N–H and O–H groups in total. The van der Waals surface area contributed by atoms with E-state index in [1.807, 2.05) is 19.1 Å². The fourth-order valence-electron chi connectivity index (χ4n) is 1.73. The largest absolute Gasteiger partial charge is 0.330 e. The Bertz CT molecular complexity index is 472. The molecule has 0 fully saturated rings. The standard InChI is InChI=1S/C15H23N3O2/c1-3-14(19)17-12-8-7-11(2)13(10-12)18-15(20)6-4-5-9-16/h7-8,10H,3-6,9,16H2,1-2H3,(H,17,19)(H,18,20). The van der Waals surface area contributed by atoms with Crippen LogP contribution in [0.2, 0.25) is 0 Å². The number of unbranched alkanes of at least 4 members (excludes halogenated alkanes) is 1. The van der Waals surface area contributed by atoms with Gasteiger partial charge in [-0.1, -0.05) is 13.0 Å². The zero-order valence-corrected chi connectivity index (χ0v) is 12.2. The topological polar surface area (TPSA) is 84.2 Å². The molecule has 2 amide bonds. The molecule has 0 radical (unpaired) electrons. The smallest absolute Gasteiger partial charge is 0.224 e. The van der Waals surface area contributed by atoms with Crippen LogP contribution < -0.4 is 16.4 Å². The molecule has 0 aliphatic heterocycles. The second-order valence-corrected chi connectivity index (χ2v) is 4.73. The summed E-state index contributed by atoms with van der Waals surface area (Å²) in [5.41, 5.74) is 7.79. The second kappa shape index (κ2) is 8.32. The van der Waals surface area contributed by atoms with Crippen molar-refractivity contribution in [3.05, 3.63) is 23.8 Å². The summed E-state index contributed by atoms with van der Waals surface area (Å²) in [6, 6.07) is 5.48. The summed E-state index contributed by atoms with van der Waals surface area (Å²) >= 11 is 0. The van der Waals surface area contributed by atoms with E-state index in [1.165, 1.54) is 0 Å². The van der Waals surface area contributed by atoms with Crippen molar-refractivity contribution in [2.45, 2.75) is 39.5 Å². The highest BCUT2D eigenvalue weighted by atomic mass is 16.2. The molecule has 1 aromatic rings. The molecule has 1 aromatic carbocycles. The van der Waals surface area contributed by atoms with Gasteiger partial charge in [0.15, 0.2) is 0 Å². The lowest BCUT2D eigenvalue weighted by Crippen LogP contribution is -2.14. The van der Waals surface area contributed by atoms with Crippen molar-refractivity contribution in [1.29, 1.82) is 0 Å². The zero-order valence-electron chi connectivity index (χ0n) is 12.2. The molecule has 1 rings (SSSR count). The van der Waals surface area contributed by atoms with E-state index in [0.717, 1.165) is 24.1 Å². The van der Waals surface area contributed by atoms with Crippen molar-refractivity contribution >= 4 is 23.2 Å². The van der Waals surface area contributed by atoms with Gasteiger partial charge >= 0.3 is 0 Å². The Balaban J connectivity index is 2.66. The highest BCUT2D eigenvalue weighted by Crippen LogP contribution is 2.20. The Hall–Kier alpha value is -1.88. The lowest BCUT2D eigenvalue weighted by Gasteiger charge is -2.11. The van der Waals surface area contributed by atoms with Crippen LogP contribution in [-0.4, -0.2) is 18.4 Å². The molecular formula is C15H23N3O2. The summed E-state index contributed by atoms with van der Waals surface area (Å²) in [6.07, 6.45) is 2.52. The maximum atomic E-state index is 11.8. The highest BCUT2D eigenvalue weighted by molar-refractivity contribution is 5.94. The first-order valence-electron chi connectivity index (χ1n) is 6.97. The summed E-state index contributed by atoms with van der Waals surface area (Å²) in [4.78, 5) is 23.2. The van der Waals surface area contributed by atoms with E-state index in [2.05, 4.69) is 10.6 Å². The molecule has 0 saturated heterocycles. The first-order chi connectivity index (χ1) is 9.56.